The van der Waals surface area contributed by atoms with Crippen molar-refractivity contribution in [2.75, 3.05) is 24.5 Å². The monoisotopic (exact) mass is 390 g/mol. The molecule has 0 radical (unpaired) electrons. The number of hydrogen-bond acceptors (Lipinski definition) is 3. The molecule has 0 saturated heterocycles. The summed E-state index contributed by atoms with van der Waals surface area (Å²) < 4.78 is 1.91. The van der Waals surface area contributed by atoms with Crippen molar-refractivity contribution in [3.8, 4) is 0 Å². The van der Waals surface area contributed by atoms with Gasteiger partial charge in [-0.05, 0) is 51.0 Å². The Labute approximate surface area is 173 Å². The molecule has 0 fully saturated rings. The lowest BCUT2D eigenvalue weighted by Gasteiger charge is -2.23. The quantitative estimate of drug-likeness (QED) is 0.630. The van der Waals surface area contributed by atoms with E-state index in [-0.39, 0.29) is 5.91 Å². The number of aryl methyl sites for hydroxylation is 2. The van der Waals surface area contributed by atoms with Crippen molar-refractivity contribution in [2.24, 2.45) is 0 Å². The van der Waals surface area contributed by atoms with Crippen molar-refractivity contribution in [1.82, 2.24) is 15.1 Å². The molecule has 0 unspecified atom stereocenters. The number of nitrogens with one attached hydrogen (secondary N) is 1. The Morgan fingerprint density at radius 3 is 2.52 bits per heavy atom. The van der Waals surface area contributed by atoms with Gasteiger partial charge in [0.1, 0.15) is 0 Å². The summed E-state index contributed by atoms with van der Waals surface area (Å²) in [7, 11) is 0. The van der Waals surface area contributed by atoms with Crippen LogP contribution < -0.4 is 10.2 Å². The topological polar surface area (TPSA) is 50.2 Å². The van der Waals surface area contributed by atoms with Crippen LogP contribution in [0.5, 0.6) is 0 Å². The SMILES string of the molecule is CCN(CCNC(=O)c1c(C)nn(Cc2ccccc2)c1C)c1cccc(C)c1. The van der Waals surface area contributed by atoms with E-state index in [1.165, 1.54) is 16.8 Å². The first-order chi connectivity index (χ1) is 14.0. The molecule has 0 atom stereocenters. The molecule has 5 heteroatoms. The average Bonchev–Trinajstić information content (AvgIpc) is 2.99. The number of hydrogen-bond donors (Lipinski definition) is 1. The van der Waals surface area contributed by atoms with Crippen molar-refractivity contribution in [2.45, 2.75) is 34.2 Å². The summed E-state index contributed by atoms with van der Waals surface area (Å²) >= 11 is 0. The van der Waals surface area contributed by atoms with Gasteiger partial charge < -0.3 is 10.2 Å². The second kappa shape index (κ2) is 9.41. The fourth-order valence-corrected chi connectivity index (χ4v) is 3.62. The fraction of sp³-hybridized carbons (Fsp3) is 0.333. The second-order valence-corrected chi connectivity index (χ2v) is 7.36. The van der Waals surface area contributed by atoms with E-state index < -0.39 is 0 Å². The van der Waals surface area contributed by atoms with Crippen LogP contribution in [0.1, 0.15) is 39.8 Å². The standard InChI is InChI=1S/C24H30N4O/c1-5-27(22-13-9-10-18(2)16-22)15-14-25-24(29)23-19(3)26-28(20(23)4)17-21-11-7-6-8-12-21/h6-13,16H,5,14-15,17H2,1-4H3,(H,25,29). The number of amides is 1. The minimum atomic E-state index is -0.0559. The van der Waals surface area contributed by atoms with E-state index in [2.05, 4.69) is 65.6 Å². The van der Waals surface area contributed by atoms with Gasteiger partial charge in [-0.2, -0.15) is 5.10 Å². The smallest absolute Gasteiger partial charge is 0.255 e. The maximum Gasteiger partial charge on any atom is 0.255 e. The summed E-state index contributed by atoms with van der Waals surface area (Å²) in [5.41, 5.74) is 5.94. The average molecular weight is 391 g/mol. The van der Waals surface area contributed by atoms with Crippen LogP contribution in [0.15, 0.2) is 54.6 Å². The summed E-state index contributed by atoms with van der Waals surface area (Å²) in [5.74, 6) is -0.0559. The zero-order chi connectivity index (χ0) is 20.8. The van der Waals surface area contributed by atoms with Crippen LogP contribution >= 0.6 is 0 Å². The van der Waals surface area contributed by atoms with Gasteiger partial charge in [0.05, 0.1) is 17.8 Å². The van der Waals surface area contributed by atoms with Gasteiger partial charge in [-0.15, -0.1) is 0 Å². The number of likely N-dealkylation sites (N-methyl/N-ethyl adjacent to an activating group) is 1. The first-order valence-electron chi connectivity index (χ1n) is 10.2. The Hall–Kier alpha value is -3.08. The molecule has 0 bridgehead atoms. The zero-order valence-corrected chi connectivity index (χ0v) is 17.8. The van der Waals surface area contributed by atoms with Crippen LogP contribution in [0.3, 0.4) is 0 Å². The van der Waals surface area contributed by atoms with Crippen LogP contribution in [-0.2, 0) is 6.54 Å². The molecular formula is C24H30N4O. The predicted molar refractivity (Wildman–Crippen MR) is 119 cm³/mol. The number of aromatic nitrogens is 2. The molecule has 1 heterocycles. The lowest BCUT2D eigenvalue weighted by atomic mass is 10.1. The van der Waals surface area contributed by atoms with Crippen LogP contribution in [0.25, 0.3) is 0 Å². The number of anilines is 1. The Bertz CT molecular complexity index is 962. The molecule has 1 aromatic heterocycles. The Morgan fingerprint density at radius 2 is 1.83 bits per heavy atom. The van der Waals surface area contributed by atoms with Crippen molar-refractivity contribution in [3.63, 3.8) is 0 Å². The molecule has 0 aliphatic carbocycles. The van der Waals surface area contributed by atoms with E-state index in [0.717, 1.165) is 24.5 Å². The summed E-state index contributed by atoms with van der Waals surface area (Å²) in [5, 5.41) is 7.66. The van der Waals surface area contributed by atoms with E-state index in [0.29, 0.717) is 18.7 Å². The van der Waals surface area contributed by atoms with Crippen molar-refractivity contribution >= 4 is 11.6 Å². The van der Waals surface area contributed by atoms with Crippen LogP contribution in [-0.4, -0.2) is 35.3 Å². The van der Waals surface area contributed by atoms with E-state index in [4.69, 9.17) is 0 Å². The number of nitrogens with zero attached hydrogens (tertiary/aromatic N) is 3. The third-order valence-corrected chi connectivity index (χ3v) is 5.20. The molecule has 29 heavy (non-hydrogen) atoms. The zero-order valence-electron chi connectivity index (χ0n) is 17.8. The Balaban J connectivity index is 1.63. The Kier molecular flexibility index (Phi) is 6.70. The first-order valence-corrected chi connectivity index (χ1v) is 10.2. The van der Waals surface area contributed by atoms with Crippen LogP contribution in [0.2, 0.25) is 0 Å². The van der Waals surface area contributed by atoms with Crippen LogP contribution in [0, 0.1) is 20.8 Å². The number of carbonyl (C=O) groups excluding carboxylic acids is 1. The molecule has 2 aromatic carbocycles. The van der Waals surface area contributed by atoms with E-state index in [1.54, 1.807) is 0 Å². The largest absolute Gasteiger partial charge is 0.370 e. The highest BCUT2D eigenvalue weighted by Crippen LogP contribution is 2.16. The van der Waals surface area contributed by atoms with Gasteiger partial charge in [-0.25, -0.2) is 0 Å². The van der Waals surface area contributed by atoms with Gasteiger partial charge >= 0.3 is 0 Å². The lowest BCUT2D eigenvalue weighted by molar-refractivity contribution is 0.0953. The predicted octanol–water partition coefficient (Wildman–Crippen LogP) is 4.11. The minimum Gasteiger partial charge on any atom is -0.370 e. The molecule has 0 saturated carbocycles. The molecule has 3 aromatic rings. The molecular weight excluding hydrogens is 360 g/mol. The first kappa shape index (κ1) is 20.6. The molecule has 1 N–H and O–H groups in total. The summed E-state index contributed by atoms with van der Waals surface area (Å²) in [4.78, 5) is 15.1. The number of benzene rings is 2. The maximum atomic E-state index is 12.8. The van der Waals surface area contributed by atoms with Gasteiger partial charge in [0, 0.05) is 31.0 Å². The van der Waals surface area contributed by atoms with Gasteiger partial charge in [0.15, 0.2) is 0 Å². The highest BCUT2D eigenvalue weighted by molar-refractivity contribution is 5.96. The highest BCUT2D eigenvalue weighted by Gasteiger charge is 2.18. The molecule has 3 rings (SSSR count). The third kappa shape index (κ3) is 5.05. The summed E-state index contributed by atoms with van der Waals surface area (Å²) in [6, 6.07) is 18.6. The fourth-order valence-electron chi connectivity index (χ4n) is 3.62. The van der Waals surface area contributed by atoms with Gasteiger partial charge in [0.2, 0.25) is 0 Å². The molecule has 0 aliphatic heterocycles. The van der Waals surface area contributed by atoms with Crippen molar-refractivity contribution < 1.29 is 4.79 Å². The lowest BCUT2D eigenvalue weighted by Crippen LogP contribution is -2.35. The van der Waals surface area contributed by atoms with Crippen molar-refractivity contribution in [1.29, 1.82) is 0 Å². The number of rotatable bonds is 8. The molecule has 0 spiro atoms. The van der Waals surface area contributed by atoms with Gasteiger partial charge in [-0.3, -0.25) is 9.48 Å². The van der Waals surface area contributed by atoms with Crippen LogP contribution in [0.4, 0.5) is 5.69 Å². The Morgan fingerprint density at radius 1 is 1.07 bits per heavy atom. The highest BCUT2D eigenvalue weighted by atomic mass is 16.1. The van der Waals surface area contributed by atoms with Crippen molar-refractivity contribution in [3.05, 3.63) is 82.7 Å². The van der Waals surface area contributed by atoms with Gasteiger partial charge in [-0.1, -0.05) is 42.5 Å². The maximum absolute atomic E-state index is 12.8. The summed E-state index contributed by atoms with van der Waals surface area (Å²) in [6.45, 7) is 11.0. The van der Waals surface area contributed by atoms with E-state index in [9.17, 15) is 4.79 Å². The molecule has 5 nitrogen and oxygen atoms in total. The minimum absolute atomic E-state index is 0.0559. The summed E-state index contributed by atoms with van der Waals surface area (Å²) in [6.07, 6.45) is 0. The third-order valence-electron chi connectivity index (χ3n) is 5.20. The van der Waals surface area contributed by atoms with E-state index in [1.807, 2.05) is 36.7 Å². The second-order valence-electron chi connectivity index (χ2n) is 7.36. The molecule has 0 aliphatic rings. The van der Waals surface area contributed by atoms with Gasteiger partial charge in [0.25, 0.3) is 5.91 Å². The normalized spacial score (nSPS) is 10.8. The van der Waals surface area contributed by atoms with E-state index >= 15 is 0 Å². The molecule has 152 valence electrons. The number of carbonyl (C=O) groups is 1. The molecule has 1 amide bonds.